The summed E-state index contributed by atoms with van der Waals surface area (Å²) in [5, 5.41) is 0. The molecule has 1 atom stereocenters. The molecule has 1 unspecified atom stereocenters. The van der Waals surface area contributed by atoms with E-state index < -0.39 is 27.9 Å². The molecule has 4 rings (SSSR count). The lowest BCUT2D eigenvalue weighted by Gasteiger charge is -2.37. The number of esters is 1. The molecule has 1 aromatic heterocycles. The molecule has 0 N–H and O–H groups in total. The van der Waals surface area contributed by atoms with E-state index in [1.807, 2.05) is 6.08 Å². The number of nitrogens with zero attached hydrogens (tertiary/aromatic N) is 2. The minimum absolute atomic E-state index is 0.0340. The van der Waals surface area contributed by atoms with Crippen LogP contribution in [-0.2, 0) is 30.5 Å². The Labute approximate surface area is 184 Å². The lowest BCUT2D eigenvalue weighted by Crippen LogP contribution is -2.52. The third-order valence-corrected chi connectivity index (χ3v) is 9.00. The maximum Gasteiger partial charge on any atom is 0.410 e. The molecule has 2 saturated heterocycles. The standard InChI is InChI=1S/C20H24N2O7S2/c1-28-18(24)15-11-29-20(25)22(15)12-7-9-21(10-8-12)17(23)16-13-5-3-4-6-14(13)19(30-16)31(2,26)27/h4,6,12,15H,3,5,7-11H2,1-2H3. The van der Waals surface area contributed by atoms with E-state index in [4.69, 9.17) is 9.47 Å². The molecule has 1 aliphatic carbocycles. The van der Waals surface area contributed by atoms with Gasteiger partial charge in [-0.15, -0.1) is 11.3 Å². The Hall–Kier alpha value is -2.40. The first kappa shape index (κ1) is 21.8. The highest BCUT2D eigenvalue weighted by Crippen LogP contribution is 2.38. The van der Waals surface area contributed by atoms with Gasteiger partial charge < -0.3 is 14.4 Å². The summed E-state index contributed by atoms with van der Waals surface area (Å²) in [4.78, 5) is 41.0. The van der Waals surface area contributed by atoms with Crippen LogP contribution in [0.25, 0.3) is 6.08 Å². The number of likely N-dealkylation sites (tertiary alicyclic amines) is 1. The number of sulfone groups is 1. The number of hydrogen-bond donors (Lipinski definition) is 0. The summed E-state index contributed by atoms with van der Waals surface area (Å²) in [7, 11) is -2.17. The lowest BCUT2D eigenvalue weighted by molar-refractivity contribution is -0.145. The van der Waals surface area contributed by atoms with Crippen LogP contribution in [0.15, 0.2) is 10.3 Å². The Kier molecular flexibility index (Phi) is 5.82. The van der Waals surface area contributed by atoms with Crippen LogP contribution >= 0.6 is 11.3 Å². The quantitative estimate of drug-likeness (QED) is 0.619. The van der Waals surface area contributed by atoms with Crippen molar-refractivity contribution < 1.29 is 32.3 Å². The van der Waals surface area contributed by atoms with E-state index in [2.05, 4.69) is 0 Å². The van der Waals surface area contributed by atoms with Gasteiger partial charge in [0.25, 0.3) is 5.91 Å². The first-order valence-electron chi connectivity index (χ1n) is 10.1. The van der Waals surface area contributed by atoms with Gasteiger partial charge in [-0.25, -0.2) is 18.0 Å². The zero-order chi connectivity index (χ0) is 22.3. The molecule has 0 bridgehead atoms. The molecule has 2 fully saturated rings. The fourth-order valence-electron chi connectivity index (χ4n) is 4.39. The average Bonchev–Trinajstić information content (AvgIpc) is 3.34. The third kappa shape index (κ3) is 3.96. The predicted octanol–water partition coefficient (Wildman–Crippen LogP) is 1.71. The molecule has 11 heteroatoms. The summed E-state index contributed by atoms with van der Waals surface area (Å²) in [5.74, 6) is -0.700. The Morgan fingerprint density at radius 2 is 1.97 bits per heavy atom. The van der Waals surface area contributed by atoms with Crippen molar-refractivity contribution in [2.24, 2.45) is 0 Å². The van der Waals surface area contributed by atoms with Crippen LogP contribution in [0.2, 0.25) is 0 Å². The zero-order valence-electron chi connectivity index (χ0n) is 17.3. The lowest BCUT2D eigenvalue weighted by atomic mass is 9.98. The van der Waals surface area contributed by atoms with Crippen LogP contribution in [0.1, 0.15) is 40.1 Å². The van der Waals surface area contributed by atoms with E-state index >= 15 is 0 Å². The molecule has 3 aliphatic rings. The van der Waals surface area contributed by atoms with Crippen molar-refractivity contribution in [3.05, 3.63) is 22.1 Å². The predicted molar refractivity (Wildman–Crippen MR) is 113 cm³/mol. The number of amides is 2. The molecule has 2 aliphatic heterocycles. The maximum atomic E-state index is 13.3. The highest BCUT2D eigenvalue weighted by Gasteiger charge is 2.44. The average molecular weight is 469 g/mol. The number of fused-ring (bicyclic) bond motifs is 1. The SMILES string of the molecule is COC(=O)C1COC(=O)N1C1CCN(C(=O)c2sc(S(C)(=O)=O)c3c2CCC=C3)CC1. The van der Waals surface area contributed by atoms with E-state index in [1.165, 1.54) is 12.0 Å². The molecule has 31 heavy (non-hydrogen) atoms. The fourth-order valence-corrected chi connectivity index (χ4v) is 6.88. The van der Waals surface area contributed by atoms with E-state index in [0.29, 0.717) is 42.8 Å². The zero-order valence-corrected chi connectivity index (χ0v) is 19.0. The van der Waals surface area contributed by atoms with Crippen molar-refractivity contribution in [1.82, 2.24) is 9.80 Å². The van der Waals surface area contributed by atoms with Gasteiger partial charge in [-0.3, -0.25) is 9.69 Å². The number of allylic oxidation sites excluding steroid dienone is 1. The van der Waals surface area contributed by atoms with E-state index in [0.717, 1.165) is 29.6 Å². The van der Waals surface area contributed by atoms with E-state index in [9.17, 15) is 22.8 Å². The number of rotatable bonds is 4. The van der Waals surface area contributed by atoms with Gasteiger partial charge in [-0.2, -0.15) is 0 Å². The monoisotopic (exact) mass is 468 g/mol. The second-order valence-electron chi connectivity index (χ2n) is 7.87. The molecular formula is C20H24N2O7S2. The van der Waals surface area contributed by atoms with Crippen LogP contribution in [0, 0.1) is 0 Å². The molecule has 1 aromatic rings. The van der Waals surface area contributed by atoms with Gasteiger partial charge in [0.2, 0.25) is 0 Å². The first-order valence-corrected chi connectivity index (χ1v) is 12.8. The van der Waals surface area contributed by atoms with Gasteiger partial charge in [0.05, 0.1) is 12.0 Å². The summed E-state index contributed by atoms with van der Waals surface area (Å²) in [6.07, 6.45) is 6.74. The summed E-state index contributed by atoms with van der Waals surface area (Å²) >= 11 is 1.04. The van der Waals surface area contributed by atoms with Gasteiger partial charge in [-0.1, -0.05) is 12.2 Å². The summed E-state index contributed by atoms with van der Waals surface area (Å²) in [6.45, 7) is 0.767. The maximum absolute atomic E-state index is 13.3. The number of cyclic esters (lactones) is 1. The van der Waals surface area contributed by atoms with Crippen molar-refractivity contribution in [2.75, 3.05) is 33.1 Å². The molecule has 168 valence electrons. The van der Waals surface area contributed by atoms with Crippen LogP contribution in [0.3, 0.4) is 0 Å². The topological polar surface area (TPSA) is 110 Å². The fraction of sp³-hybridized carbons (Fsp3) is 0.550. The summed E-state index contributed by atoms with van der Waals surface area (Å²) in [5.41, 5.74) is 1.44. The molecule has 0 aromatic carbocycles. The highest BCUT2D eigenvalue weighted by atomic mass is 32.2. The second kappa shape index (κ2) is 8.27. The number of hydrogen-bond acceptors (Lipinski definition) is 8. The van der Waals surface area contributed by atoms with Crippen molar-refractivity contribution in [1.29, 1.82) is 0 Å². The van der Waals surface area contributed by atoms with Gasteiger partial charge in [-0.05, 0) is 31.2 Å². The van der Waals surface area contributed by atoms with Crippen LogP contribution < -0.4 is 0 Å². The second-order valence-corrected chi connectivity index (χ2v) is 11.1. The Balaban J connectivity index is 1.51. The molecule has 3 heterocycles. The van der Waals surface area contributed by atoms with Crippen molar-refractivity contribution in [3.8, 4) is 0 Å². The summed E-state index contributed by atoms with van der Waals surface area (Å²) in [6, 6.07) is -0.993. The number of ether oxygens (including phenoxy) is 2. The smallest absolute Gasteiger partial charge is 0.410 e. The Morgan fingerprint density at radius 3 is 2.61 bits per heavy atom. The van der Waals surface area contributed by atoms with Crippen molar-refractivity contribution in [3.63, 3.8) is 0 Å². The normalized spacial score (nSPS) is 21.7. The largest absolute Gasteiger partial charge is 0.467 e. The third-order valence-electron chi connectivity index (χ3n) is 5.92. The number of thiophene rings is 1. The molecule has 0 radical (unpaired) electrons. The number of carbonyl (C=O) groups is 3. The molecule has 0 spiro atoms. The first-order chi connectivity index (χ1) is 14.7. The van der Waals surface area contributed by atoms with Gasteiger partial charge in [0, 0.05) is 31.0 Å². The van der Waals surface area contributed by atoms with E-state index in [-0.39, 0.29) is 22.8 Å². The minimum Gasteiger partial charge on any atom is -0.467 e. The Morgan fingerprint density at radius 1 is 1.26 bits per heavy atom. The summed E-state index contributed by atoms with van der Waals surface area (Å²) < 4.78 is 34.5. The van der Waals surface area contributed by atoms with Crippen molar-refractivity contribution in [2.45, 2.75) is 42.0 Å². The van der Waals surface area contributed by atoms with Crippen LogP contribution in [-0.4, -0.2) is 81.3 Å². The Bertz CT molecular complexity index is 1050. The molecular weight excluding hydrogens is 444 g/mol. The van der Waals surface area contributed by atoms with Gasteiger partial charge in [0.15, 0.2) is 15.9 Å². The van der Waals surface area contributed by atoms with Gasteiger partial charge >= 0.3 is 12.1 Å². The highest BCUT2D eigenvalue weighted by molar-refractivity contribution is 7.92. The molecule has 2 amide bonds. The molecule has 9 nitrogen and oxygen atoms in total. The van der Waals surface area contributed by atoms with Gasteiger partial charge in [0.1, 0.15) is 10.8 Å². The minimum atomic E-state index is -3.44. The number of methoxy groups -OCH3 is 1. The van der Waals surface area contributed by atoms with Crippen LogP contribution in [0.5, 0.6) is 0 Å². The van der Waals surface area contributed by atoms with Crippen molar-refractivity contribution >= 4 is 45.2 Å². The number of piperidine rings is 1. The molecule has 0 saturated carbocycles. The van der Waals surface area contributed by atoms with Crippen LogP contribution in [0.4, 0.5) is 4.79 Å². The van der Waals surface area contributed by atoms with E-state index in [1.54, 1.807) is 11.0 Å². The number of carbonyl (C=O) groups excluding carboxylic acids is 3.